The van der Waals surface area contributed by atoms with E-state index in [4.69, 9.17) is 29.0 Å². The van der Waals surface area contributed by atoms with Crippen LogP contribution < -0.4 is 11.3 Å². The van der Waals surface area contributed by atoms with Gasteiger partial charge in [-0.2, -0.15) is 8.75 Å². The molecular formula is C9H8Cl2N4S. The zero-order valence-electron chi connectivity index (χ0n) is 8.02. The molecule has 1 atom stereocenters. The molecule has 0 saturated heterocycles. The lowest BCUT2D eigenvalue weighted by molar-refractivity contribution is 0.625. The van der Waals surface area contributed by atoms with E-state index in [-0.39, 0.29) is 6.04 Å². The Bertz CT molecular complexity index is 474. The molecule has 0 radical (unpaired) electrons. The van der Waals surface area contributed by atoms with Crippen LogP contribution in [0.2, 0.25) is 10.0 Å². The molecule has 3 N–H and O–H groups in total. The SMILES string of the molecule is NNC(c1ccc(Cl)c(Cl)c1)c1cnsn1. The fraction of sp³-hybridized carbons (Fsp3) is 0.111. The van der Waals surface area contributed by atoms with Gasteiger partial charge >= 0.3 is 0 Å². The lowest BCUT2D eigenvalue weighted by atomic mass is 10.1. The molecule has 1 heterocycles. The van der Waals surface area contributed by atoms with Gasteiger partial charge in [0.2, 0.25) is 0 Å². The molecule has 0 fully saturated rings. The van der Waals surface area contributed by atoms with Crippen LogP contribution in [0.1, 0.15) is 17.3 Å². The van der Waals surface area contributed by atoms with E-state index in [1.165, 1.54) is 0 Å². The first-order valence-corrected chi connectivity index (χ1v) is 5.89. The van der Waals surface area contributed by atoms with Crippen LogP contribution in [-0.2, 0) is 0 Å². The fourth-order valence-corrected chi connectivity index (χ4v) is 2.10. The molecule has 0 spiro atoms. The van der Waals surface area contributed by atoms with Gasteiger partial charge in [0.15, 0.2) is 0 Å². The van der Waals surface area contributed by atoms with Crippen molar-refractivity contribution in [2.45, 2.75) is 6.04 Å². The minimum absolute atomic E-state index is 0.228. The van der Waals surface area contributed by atoms with Crippen molar-refractivity contribution in [1.29, 1.82) is 0 Å². The van der Waals surface area contributed by atoms with E-state index in [1.54, 1.807) is 18.3 Å². The number of hydrogen-bond donors (Lipinski definition) is 2. The third-order valence-electron chi connectivity index (χ3n) is 2.12. The molecule has 4 nitrogen and oxygen atoms in total. The Labute approximate surface area is 107 Å². The maximum Gasteiger partial charge on any atom is 0.0970 e. The van der Waals surface area contributed by atoms with Crippen LogP contribution in [0.15, 0.2) is 24.4 Å². The zero-order chi connectivity index (χ0) is 11.5. The van der Waals surface area contributed by atoms with Gasteiger partial charge in [-0.3, -0.25) is 5.84 Å². The number of nitrogens with zero attached hydrogens (tertiary/aromatic N) is 2. The summed E-state index contributed by atoms with van der Waals surface area (Å²) in [6, 6.07) is 5.10. The number of rotatable bonds is 3. The Morgan fingerprint density at radius 3 is 2.69 bits per heavy atom. The highest BCUT2D eigenvalue weighted by atomic mass is 35.5. The Balaban J connectivity index is 2.37. The summed E-state index contributed by atoms with van der Waals surface area (Å²) < 4.78 is 8.06. The van der Waals surface area contributed by atoms with Crippen molar-refractivity contribution in [3.63, 3.8) is 0 Å². The van der Waals surface area contributed by atoms with Crippen LogP contribution in [-0.4, -0.2) is 8.75 Å². The summed E-state index contributed by atoms with van der Waals surface area (Å²) in [5.74, 6) is 5.49. The van der Waals surface area contributed by atoms with Crippen LogP contribution in [0, 0.1) is 0 Å². The molecule has 0 aliphatic heterocycles. The second-order valence-corrected chi connectivity index (χ2v) is 4.48. The van der Waals surface area contributed by atoms with Crippen molar-refractivity contribution in [3.05, 3.63) is 45.7 Å². The Kier molecular flexibility index (Phi) is 3.73. The van der Waals surface area contributed by atoms with E-state index >= 15 is 0 Å². The number of benzene rings is 1. The van der Waals surface area contributed by atoms with E-state index in [0.29, 0.717) is 10.0 Å². The number of nitrogens with one attached hydrogen (secondary N) is 1. The topological polar surface area (TPSA) is 63.8 Å². The Morgan fingerprint density at radius 2 is 2.12 bits per heavy atom. The third-order valence-corrected chi connectivity index (χ3v) is 3.35. The summed E-state index contributed by atoms with van der Waals surface area (Å²) in [6.07, 6.45) is 1.66. The van der Waals surface area contributed by atoms with Crippen molar-refractivity contribution < 1.29 is 0 Å². The molecule has 0 saturated carbocycles. The second-order valence-electron chi connectivity index (χ2n) is 3.11. The van der Waals surface area contributed by atoms with Gasteiger partial charge in [0.25, 0.3) is 0 Å². The molecule has 0 aliphatic carbocycles. The van der Waals surface area contributed by atoms with Crippen molar-refractivity contribution in [2.24, 2.45) is 5.84 Å². The first kappa shape index (κ1) is 11.8. The summed E-state index contributed by atoms with van der Waals surface area (Å²) in [5, 5.41) is 1.00. The van der Waals surface area contributed by atoms with E-state index in [9.17, 15) is 0 Å². The lowest BCUT2D eigenvalue weighted by Crippen LogP contribution is -2.29. The molecule has 0 aliphatic rings. The number of hydrogen-bond acceptors (Lipinski definition) is 5. The van der Waals surface area contributed by atoms with Crippen molar-refractivity contribution in [2.75, 3.05) is 0 Å². The maximum absolute atomic E-state index is 5.94. The van der Waals surface area contributed by atoms with E-state index in [0.717, 1.165) is 23.0 Å². The van der Waals surface area contributed by atoms with Crippen molar-refractivity contribution in [3.8, 4) is 0 Å². The lowest BCUT2D eigenvalue weighted by Gasteiger charge is -2.13. The summed E-state index contributed by atoms with van der Waals surface area (Å²) in [7, 11) is 0. The van der Waals surface area contributed by atoms with Crippen LogP contribution >= 0.6 is 34.9 Å². The minimum atomic E-state index is -0.228. The molecule has 1 unspecified atom stereocenters. The number of nitrogens with two attached hydrogens (primary N) is 1. The molecule has 1 aromatic heterocycles. The molecule has 16 heavy (non-hydrogen) atoms. The maximum atomic E-state index is 5.94. The first-order chi connectivity index (χ1) is 7.72. The largest absolute Gasteiger partial charge is 0.271 e. The van der Waals surface area contributed by atoms with Crippen LogP contribution in [0.4, 0.5) is 0 Å². The molecule has 2 rings (SSSR count). The highest BCUT2D eigenvalue weighted by Crippen LogP contribution is 2.27. The Hall–Kier alpha value is -0.720. The summed E-state index contributed by atoms with van der Waals surface area (Å²) >= 11 is 12.9. The summed E-state index contributed by atoms with van der Waals surface area (Å²) in [5.41, 5.74) is 4.32. The van der Waals surface area contributed by atoms with Gasteiger partial charge in [-0.25, -0.2) is 5.43 Å². The van der Waals surface area contributed by atoms with E-state index in [1.807, 2.05) is 6.07 Å². The predicted octanol–water partition coefficient (Wildman–Crippen LogP) is 2.40. The Morgan fingerprint density at radius 1 is 1.31 bits per heavy atom. The van der Waals surface area contributed by atoms with Crippen LogP contribution in [0.3, 0.4) is 0 Å². The van der Waals surface area contributed by atoms with E-state index < -0.39 is 0 Å². The zero-order valence-corrected chi connectivity index (χ0v) is 10.4. The second kappa shape index (κ2) is 5.07. The molecule has 1 aromatic carbocycles. The molecule has 84 valence electrons. The number of hydrazine groups is 1. The normalized spacial score (nSPS) is 12.7. The van der Waals surface area contributed by atoms with Crippen molar-refractivity contribution >= 4 is 34.9 Å². The molecule has 7 heteroatoms. The van der Waals surface area contributed by atoms with Gasteiger partial charge in [0, 0.05) is 0 Å². The van der Waals surface area contributed by atoms with Gasteiger partial charge in [-0.1, -0.05) is 29.3 Å². The van der Waals surface area contributed by atoms with Gasteiger partial charge in [0.1, 0.15) is 0 Å². The van der Waals surface area contributed by atoms with Gasteiger partial charge in [-0.05, 0) is 17.7 Å². The highest BCUT2D eigenvalue weighted by Gasteiger charge is 2.15. The van der Waals surface area contributed by atoms with Gasteiger partial charge in [-0.15, -0.1) is 0 Å². The fourth-order valence-electron chi connectivity index (χ4n) is 1.34. The third kappa shape index (κ3) is 2.34. The highest BCUT2D eigenvalue weighted by molar-refractivity contribution is 6.99. The van der Waals surface area contributed by atoms with E-state index in [2.05, 4.69) is 14.2 Å². The van der Waals surface area contributed by atoms with Crippen molar-refractivity contribution in [1.82, 2.24) is 14.2 Å². The van der Waals surface area contributed by atoms with Gasteiger partial charge < -0.3 is 0 Å². The summed E-state index contributed by atoms with van der Waals surface area (Å²) in [4.78, 5) is 0. The molecular weight excluding hydrogens is 267 g/mol. The minimum Gasteiger partial charge on any atom is -0.271 e. The molecule has 2 aromatic rings. The predicted molar refractivity (Wildman–Crippen MR) is 65.5 cm³/mol. The smallest absolute Gasteiger partial charge is 0.0970 e. The monoisotopic (exact) mass is 274 g/mol. The standard InChI is InChI=1S/C9H8Cl2N4S/c10-6-2-1-5(3-7(6)11)9(14-12)8-4-13-16-15-8/h1-4,9,14H,12H2. The average molecular weight is 275 g/mol. The number of halogens is 2. The summed E-state index contributed by atoms with van der Waals surface area (Å²) in [6.45, 7) is 0. The molecule has 0 bridgehead atoms. The van der Waals surface area contributed by atoms with Crippen LogP contribution in [0.5, 0.6) is 0 Å². The van der Waals surface area contributed by atoms with Gasteiger partial charge in [0.05, 0.1) is 39.7 Å². The average Bonchev–Trinajstić information content (AvgIpc) is 2.78. The number of aromatic nitrogens is 2. The first-order valence-electron chi connectivity index (χ1n) is 4.41. The van der Waals surface area contributed by atoms with Crippen LogP contribution in [0.25, 0.3) is 0 Å². The molecule has 0 amide bonds. The quantitative estimate of drug-likeness (QED) is 0.667.